The van der Waals surface area contributed by atoms with Crippen molar-refractivity contribution >= 4 is 13.4 Å². The van der Waals surface area contributed by atoms with Gasteiger partial charge < -0.3 is 13.8 Å². The van der Waals surface area contributed by atoms with Crippen LogP contribution in [0, 0.1) is 0 Å². The number of benzene rings is 2. The molecule has 0 saturated carbocycles. The monoisotopic (exact) mass is 404 g/mol. The molecule has 0 N–H and O–H groups in total. The molecule has 0 aromatic heterocycles. The highest BCUT2D eigenvalue weighted by atomic mass is 31.2. The highest BCUT2D eigenvalue weighted by molar-refractivity contribution is 7.53. The summed E-state index contributed by atoms with van der Waals surface area (Å²) in [6, 6.07) is 18.5. The minimum absolute atomic E-state index is 0.0819. The zero-order valence-electron chi connectivity index (χ0n) is 16.8. The van der Waals surface area contributed by atoms with E-state index in [2.05, 4.69) is 0 Å². The molecule has 5 nitrogen and oxygen atoms in total. The van der Waals surface area contributed by atoms with Gasteiger partial charge in [-0.15, -0.1) is 0 Å². The molecular weight excluding hydrogens is 375 g/mol. The Morgan fingerprint density at radius 2 is 1.43 bits per heavy atom. The number of ketones is 1. The highest BCUT2D eigenvalue weighted by Crippen LogP contribution is 2.48. The minimum Gasteiger partial charge on any atom is -0.361 e. The summed E-state index contributed by atoms with van der Waals surface area (Å²) < 4.78 is 29.6. The van der Waals surface area contributed by atoms with Crippen LogP contribution in [-0.4, -0.2) is 31.8 Å². The average molecular weight is 404 g/mol. The summed E-state index contributed by atoms with van der Waals surface area (Å²) in [7, 11) is -3.25. The lowest BCUT2D eigenvalue weighted by Crippen LogP contribution is -2.39. The van der Waals surface area contributed by atoms with Crippen LogP contribution >= 0.6 is 7.60 Å². The Labute approximate surface area is 167 Å². The van der Waals surface area contributed by atoms with Gasteiger partial charge in [-0.3, -0.25) is 9.36 Å². The first kappa shape index (κ1) is 22.5. The van der Waals surface area contributed by atoms with Gasteiger partial charge >= 0.3 is 7.60 Å². The summed E-state index contributed by atoms with van der Waals surface area (Å²) in [6.45, 7) is 6.12. The van der Waals surface area contributed by atoms with Gasteiger partial charge in [-0.25, -0.2) is 0 Å². The van der Waals surface area contributed by atoms with Crippen LogP contribution in [0.4, 0.5) is 0 Å². The summed E-state index contributed by atoms with van der Waals surface area (Å²) in [5, 5.41) is 0. The topological polar surface area (TPSA) is 61.8 Å². The molecule has 28 heavy (non-hydrogen) atoms. The van der Waals surface area contributed by atoms with Crippen LogP contribution in [0.5, 0.6) is 0 Å². The van der Waals surface area contributed by atoms with Crippen LogP contribution in [0.2, 0.25) is 0 Å². The lowest BCUT2D eigenvalue weighted by Gasteiger charge is -2.32. The molecule has 0 saturated heterocycles. The van der Waals surface area contributed by atoms with Gasteiger partial charge in [-0.2, -0.15) is 0 Å². The van der Waals surface area contributed by atoms with Crippen LogP contribution < -0.4 is 0 Å². The molecule has 0 aliphatic rings. The third kappa shape index (κ3) is 5.39. The van der Waals surface area contributed by atoms with E-state index in [1.54, 1.807) is 26.0 Å². The van der Waals surface area contributed by atoms with Crippen molar-refractivity contribution in [2.45, 2.75) is 32.8 Å². The first-order chi connectivity index (χ1) is 13.5. The van der Waals surface area contributed by atoms with Gasteiger partial charge in [-0.05, 0) is 25.8 Å². The van der Waals surface area contributed by atoms with Crippen molar-refractivity contribution in [1.82, 2.24) is 0 Å². The molecule has 6 heteroatoms. The van der Waals surface area contributed by atoms with Gasteiger partial charge in [0.1, 0.15) is 0 Å². The van der Waals surface area contributed by atoms with Gasteiger partial charge in [0.2, 0.25) is 0 Å². The molecule has 152 valence electrons. The predicted octanol–water partition coefficient (Wildman–Crippen LogP) is 5.46. The molecule has 0 amide bonds. The largest absolute Gasteiger partial charge is 0.361 e. The molecule has 0 aliphatic heterocycles. The number of rotatable bonds is 12. The Kier molecular flexibility index (Phi) is 8.58. The molecule has 0 heterocycles. The summed E-state index contributed by atoms with van der Waals surface area (Å²) in [5.74, 6) is -0.121. The van der Waals surface area contributed by atoms with Crippen molar-refractivity contribution in [1.29, 1.82) is 0 Å². The smallest absolute Gasteiger partial charge is 0.332 e. The van der Waals surface area contributed by atoms with E-state index in [4.69, 9.17) is 13.8 Å². The number of ether oxygens (including phenoxy) is 1. The maximum atomic E-state index is 13.4. The number of carbonyl (C=O) groups excluding carboxylic acids is 1. The number of carbonyl (C=O) groups is 1. The minimum atomic E-state index is -3.25. The fraction of sp³-hybridized carbons (Fsp3) is 0.409. The summed E-state index contributed by atoms with van der Waals surface area (Å²) in [6.07, 6.45) is 0.531. The summed E-state index contributed by atoms with van der Waals surface area (Å²) >= 11 is 0. The maximum absolute atomic E-state index is 13.4. The zero-order valence-corrected chi connectivity index (χ0v) is 17.7. The highest BCUT2D eigenvalue weighted by Gasteiger charge is 2.40. The van der Waals surface area contributed by atoms with Crippen molar-refractivity contribution in [2.24, 2.45) is 0 Å². The normalized spacial score (nSPS) is 13.8. The van der Waals surface area contributed by atoms with Crippen molar-refractivity contribution in [3.63, 3.8) is 0 Å². The number of Topliss-reactive ketones (excluding diaryl/α,β-unsaturated/α-hetero) is 1. The van der Waals surface area contributed by atoms with E-state index in [0.717, 1.165) is 5.56 Å². The fourth-order valence-corrected chi connectivity index (χ4v) is 4.60. The molecule has 1 unspecified atom stereocenters. The Morgan fingerprint density at radius 1 is 0.893 bits per heavy atom. The third-order valence-corrected chi connectivity index (χ3v) is 6.54. The van der Waals surface area contributed by atoms with Gasteiger partial charge in [0, 0.05) is 5.56 Å². The van der Waals surface area contributed by atoms with Crippen LogP contribution in [0.1, 0.15) is 43.1 Å². The molecule has 1 atom stereocenters. The fourth-order valence-electron chi connectivity index (χ4n) is 3.17. The average Bonchev–Trinajstić information content (AvgIpc) is 2.72. The molecular formula is C22H29O5P. The van der Waals surface area contributed by atoms with E-state index in [-0.39, 0.29) is 31.8 Å². The number of hydrogen-bond donors (Lipinski definition) is 0. The molecule has 0 aliphatic carbocycles. The van der Waals surface area contributed by atoms with Gasteiger partial charge in [-0.1, -0.05) is 67.6 Å². The van der Waals surface area contributed by atoms with E-state index in [1.807, 2.05) is 55.5 Å². The molecule has 2 aromatic carbocycles. The first-order valence-electron chi connectivity index (χ1n) is 9.68. The Bertz CT molecular complexity index is 768. The zero-order chi connectivity index (χ0) is 20.5. The van der Waals surface area contributed by atoms with Gasteiger partial charge in [0.05, 0.1) is 26.0 Å². The van der Waals surface area contributed by atoms with Crippen LogP contribution in [0.25, 0.3) is 0 Å². The predicted molar refractivity (Wildman–Crippen MR) is 111 cm³/mol. The maximum Gasteiger partial charge on any atom is 0.332 e. The molecule has 0 spiro atoms. The molecule has 2 aromatic rings. The van der Waals surface area contributed by atoms with Crippen LogP contribution in [-0.2, 0) is 24.0 Å². The summed E-state index contributed by atoms with van der Waals surface area (Å²) in [5.41, 5.74) is 0.186. The van der Waals surface area contributed by atoms with Crippen molar-refractivity contribution < 1.29 is 23.1 Å². The quantitative estimate of drug-likeness (QED) is 0.347. The van der Waals surface area contributed by atoms with E-state index in [0.29, 0.717) is 12.0 Å². The van der Waals surface area contributed by atoms with Crippen molar-refractivity contribution in [3.8, 4) is 0 Å². The molecule has 0 fully saturated rings. The van der Waals surface area contributed by atoms with Crippen molar-refractivity contribution in [3.05, 3.63) is 71.8 Å². The Morgan fingerprint density at radius 3 is 1.93 bits per heavy atom. The second-order valence-electron chi connectivity index (χ2n) is 6.26. The van der Waals surface area contributed by atoms with E-state index >= 15 is 0 Å². The van der Waals surface area contributed by atoms with E-state index in [1.165, 1.54) is 0 Å². The summed E-state index contributed by atoms with van der Waals surface area (Å²) in [4.78, 5) is 13.4. The Balaban J connectivity index is 2.31. The van der Waals surface area contributed by atoms with E-state index in [9.17, 15) is 9.36 Å². The van der Waals surface area contributed by atoms with E-state index < -0.39 is 13.2 Å². The third-order valence-electron chi connectivity index (χ3n) is 4.51. The lowest BCUT2D eigenvalue weighted by atomic mass is 9.83. The molecule has 2 rings (SSSR count). The lowest BCUT2D eigenvalue weighted by molar-refractivity contribution is -0.0270. The molecule has 0 radical (unpaired) electrons. The van der Waals surface area contributed by atoms with Crippen molar-refractivity contribution in [2.75, 3.05) is 26.0 Å². The second kappa shape index (κ2) is 10.7. The van der Waals surface area contributed by atoms with Gasteiger partial charge in [0.15, 0.2) is 11.4 Å². The number of hydrogen-bond acceptors (Lipinski definition) is 5. The van der Waals surface area contributed by atoms with Crippen LogP contribution in [0.3, 0.4) is 0 Å². The Hall–Kier alpha value is -1.78. The van der Waals surface area contributed by atoms with Crippen LogP contribution in [0.15, 0.2) is 60.7 Å². The second-order valence-corrected chi connectivity index (χ2v) is 8.45. The first-order valence-corrected chi connectivity index (χ1v) is 11.4. The SMILES string of the molecule is CCOP(=O)(CCOC(CC)(C(=O)c1ccccc1)c1ccccc1)OCC. The molecule has 0 bridgehead atoms. The van der Waals surface area contributed by atoms with Gasteiger partial charge in [0.25, 0.3) is 0 Å². The standard InChI is InChI=1S/C22H29O5P/c1-4-22(20-15-11-8-12-16-20,21(23)19-13-9-7-10-14-19)25-17-18-28(24,26-5-2)27-6-3/h7-16H,4-6,17-18H2,1-3H3.